The second-order valence-electron chi connectivity index (χ2n) is 8.01. The van der Waals surface area contributed by atoms with E-state index in [-0.39, 0.29) is 35.0 Å². The zero-order valence-corrected chi connectivity index (χ0v) is 18.6. The van der Waals surface area contributed by atoms with E-state index in [1.807, 2.05) is 53.1 Å². The van der Waals surface area contributed by atoms with E-state index in [2.05, 4.69) is 5.32 Å². The number of primary amides is 1. The zero-order valence-electron chi connectivity index (χ0n) is 18.6. The summed E-state index contributed by atoms with van der Waals surface area (Å²) in [5.74, 6) is -1.51. The Morgan fingerprint density at radius 3 is 2.38 bits per heavy atom. The van der Waals surface area contributed by atoms with Crippen LogP contribution in [0.1, 0.15) is 39.8 Å². The number of nitrogens with two attached hydrogens (primary N) is 1. The molecule has 34 heavy (non-hydrogen) atoms. The molecule has 0 bridgehead atoms. The number of ketones is 1. The van der Waals surface area contributed by atoms with Crippen LogP contribution >= 0.6 is 0 Å². The summed E-state index contributed by atoms with van der Waals surface area (Å²) >= 11 is 0. The second-order valence-corrected chi connectivity index (χ2v) is 8.01. The minimum Gasteiger partial charge on any atom is -0.444 e. The van der Waals surface area contributed by atoms with Gasteiger partial charge < -0.3 is 14.7 Å². The lowest BCUT2D eigenvalue weighted by atomic mass is 10.1. The summed E-state index contributed by atoms with van der Waals surface area (Å²) in [5, 5.41) is 3.53. The topological polar surface area (TPSA) is 133 Å². The van der Waals surface area contributed by atoms with Crippen molar-refractivity contribution in [2.75, 3.05) is 5.32 Å². The van der Waals surface area contributed by atoms with Crippen LogP contribution in [0.5, 0.6) is 0 Å². The first-order valence-electron chi connectivity index (χ1n) is 10.7. The number of amides is 2. The molecule has 170 valence electrons. The van der Waals surface area contributed by atoms with E-state index in [4.69, 9.17) is 20.1 Å². The number of benzene rings is 2. The third-order valence-electron chi connectivity index (χ3n) is 5.76. The maximum atomic E-state index is 12.8. The standard InChI is InChI=1S/C25H21N5O4/c1-13(31)20-14(2)34-25(21(20)23(26)33)29-19(32)11-12-30-18-10-6-3-7-15(18)22-24(30)28-17-9-5-4-8-16(17)27-22/h3-10H,11-12H2,1-2H3,(H2,26,33)(H,29,32). The molecular weight excluding hydrogens is 434 g/mol. The van der Waals surface area contributed by atoms with Crippen molar-refractivity contribution in [2.45, 2.75) is 26.8 Å². The van der Waals surface area contributed by atoms with E-state index >= 15 is 0 Å². The molecule has 9 heteroatoms. The molecule has 0 aliphatic carbocycles. The molecule has 0 unspecified atom stereocenters. The number of rotatable bonds is 6. The molecule has 2 aromatic carbocycles. The first-order chi connectivity index (χ1) is 16.3. The highest BCUT2D eigenvalue weighted by Crippen LogP contribution is 2.29. The normalized spacial score (nSPS) is 11.4. The zero-order chi connectivity index (χ0) is 24.0. The lowest BCUT2D eigenvalue weighted by molar-refractivity contribution is -0.116. The van der Waals surface area contributed by atoms with E-state index in [9.17, 15) is 14.4 Å². The van der Waals surface area contributed by atoms with Crippen molar-refractivity contribution in [3.63, 3.8) is 0 Å². The van der Waals surface area contributed by atoms with Gasteiger partial charge in [-0.25, -0.2) is 9.97 Å². The maximum absolute atomic E-state index is 12.8. The molecule has 5 aromatic rings. The van der Waals surface area contributed by atoms with Crippen LogP contribution in [0, 0.1) is 6.92 Å². The molecule has 0 atom stereocenters. The van der Waals surface area contributed by atoms with Crippen molar-refractivity contribution in [2.24, 2.45) is 5.73 Å². The Kier molecular flexibility index (Phi) is 5.09. The van der Waals surface area contributed by atoms with Gasteiger partial charge in [0, 0.05) is 18.4 Å². The highest BCUT2D eigenvalue weighted by Gasteiger charge is 2.26. The average molecular weight is 455 g/mol. The van der Waals surface area contributed by atoms with Gasteiger partial charge in [0.25, 0.3) is 5.91 Å². The van der Waals surface area contributed by atoms with Gasteiger partial charge in [-0.05, 0) is 32.0 Å². The number of nitrogens with one attached hydrogen (secondary N) is 1. The summed E-state index contributed by atoms with van der Waals surface area (Å²) in [4.78, 5) is 46.2. The van der Waals surface area contributed by atoms with Gasteiger partial charge >= 0.3 is 0 Å². The number of nitrogens with zero attached hydrogens (tertiary/aromatic N) is 3. The number of Topliss-reactive ketones (excluding diaryl/α,β-unsaturated/α-hetero) is 1. The lowest BCUT2D eigenvalue weighted by Gasteiger charge is -2.08. The third-order valence-corrected chi connectivity index (χ3v) is 5.76. The van der Waals surface area contributed by atoms with Crippen LogP contribution in [0.4, 0.5) is 5.88 Å². The smallest absolute Gasteiger partial charge is 0.255 e. The summed E-state index contributed by atoms with van der Waals surface area (Å²) in [6.45, 7) is 3.16. The van der Waals surface area contributed by atoms with Crippen LogP contribution in [0.3, 0.4) is 0 Å². The number of fused-ring (bicyclic) bond motifs is 4. The molecule has 0 aliphatic rings. The quantitative estimate of drug-likeness (QED) is 0.372. The molecular formula is C25H21N5O4. The second kappa shape index (κ2) is 8.11. The van der Waals surface area contributed by atoms with Gasteiger partial charge in [0.1, 0.15) is 16.8 Å². The number of furan rings is 1. The van der Waals surface area contributed by atoms with Gasteiger partial charge in [0.2, 0.25) is 11.8 Å². The highest BCUT2D eigenvalue weighted by molar-refractivity contribution is 6.12. The Balaban J connectivity index is 1.48. The number of aryl methyl sites for hydroxylation is 2. The van der Waals surface area contributed by atoms with Crippen LogP contribution in [0.2, 0.25) is 0 Å². The van der Waals surface area contributed by atoms with Gasteiger partial charge in [0.15, 0.2) is 11.4 Å². The Hall–Kier alpha value is -4.53. The summed E-state index contributed by atoms with van der Waals surface area (Å²) in [6, 6.07) is 15.4. The molecule has 0 fully saturated rings. The maximum Gasteiger partial charge on any atom is 0.255 e. The number of hydrogen-bond acceptors (Lipinski definition) is 6. The first-order valence-corrected chi connectivity index (χ1v) is 10.7. The van der Waals surface area contributed by atoms with E-state index in [0.29, 0.717) is 12.2 Å². The number of hydrogen-bond donors (Lipinski definition) is 2. The molecule has 5 rings (SSSR count). The Bertz CT molecular complexity index is 1630. The predicted molar refractivity (Wildman–Crippen MR) is 128 cm³/mol. The van der Waals surface area contributed by atoms with Crippen LogP contribution in [-0.2, 0) is 11.3 Å². The number of carbonyl (C=O) groups excluding carboxylic acids is 3. The van der Waals surface area contributed by atoms with Gasteiger partial charge in [-0.2, -0.15) is 0 Å². The molecule has 9 nitrogen and oxygen atoms in total. The third kappa shape index (κ3) is 3.47. The van der Waals surface area contributed by atoms with Gasteiger partial charge in [-0.15, -0.1) is 0 Å². The van der Waals surface area contributed by atoms with Crippen LogP contribution in [0.25, 0.3) is 33.1 Å². The molecule has 3 heterocycles. The van der Waals surface area contributed by atoms with Crippen LogP contribution in [-0.4, -0.2) is 32.1 Å². The average Bonchev–Trinajstić information content (AvgIpc) is 3.30. The van der Waals surface area contributed by atoms with Crippen LogP contribution < -0.4 is 11.1 Å². The monoisotopic (exact) mass is 455 g/mol. The van der Waals surface area contributed by atoms with E-state index in [0.717, 1.165) is 27.5 Å². The predicted octanol–water partition coefficient (Wildman–Crippen LogP) is 3.97. The summed E-state index contributed by atoms with van der Waals surface area (Å²) in [6.07, 6.45) is 0.0651. The van der Waals surface area contributed by atoms with E-state index < -0.39 is 11.8 Å². The Morgan fingerprint density at radius 1 is 1.00 bits per heavy atom. The molecule has 3 aromatic heterocycles. The van der Waals surface area contributed by atoms with Crippen molar-refractivity contribution in [1.29, 1.82) is 0 Å². The number of carbonyl (C=O) groups is 3. The molecule has 0 saturated heterocycles. The Labute approximate surface area is 193 Å². The molecule has 0 saturated carbocycles. The van der Waals surface area contributed by atoms with Crippen molar-refractivity contribution < 1.29 is 18.8 Å². The Morgan fingerprint density at radius 2 is 1.68 bits per heavy atom. The number of anilines is 1. The molecule has 2 amide bonds. The highest BCUT2D eigenvalue weighted by atomic mass is 16.4. The summed E-state index contributed by atoms with van der Waals surface area (Å²) in [7, 11) is 0. The van der Waals surface area contributed by atoms with Gasteiger partial charge in [-0.3, -0.25) is 19.7 Å². The van der Waals surface area contributed by atoms with E-state index in [1.54, 1.807) is 6.92 Å². The molecule has 3 N–H and O–H groups in total. The molecule has 0 aliphatic heterocycles. The fourth-order valence-corrected chi connectivity index (χ4v) is 4.30. The minimum absolute atomic E-state index is 0.0651. The largest absolute Gasteiger partial charge is 0.444 e. The summed E-state index contributed by atoms with van der Waals surface area (Å²) in [5.41, 5.74) is 9.31. The van der Waals surface area contributed by atoms with E-state index in [1.165, 1.54) is 6.92 Å². The van der Waals surface area contributed by atoms with Crippen LogP contribution in [0.15, 0.2) is 52.9 Å². The van der Waals surface area contributed by atoms with Gasteiger partial charge in [0.05, 0.1) is 22.1 Å². The SMILES string of the molecule is CC(=O)c1c(C)oc(NC(=O)CCn2c3ccccc3c3nc4ccccc4nc32)c1C(N)=O. The van der Waals surface area contributed by atoms with Crippen molar-refractivity contribution >= 4 is 56.6 Å². The molecule has 0 spiro atoms. The summed E-state index contributed by atoms with van der Waals surface area (Å²) < 4.78 is 7.43. The minimum atomic E-state index is -0.845. The first kappa shape index (κ1) is 21.3. The van der Waals surface area contributed by atoms with Crippen molar-refractivity contribution in [1.82, 2.24) is 14.5 Å². The van der Waals surface area contributed by atoms with Crippen molar-refractivity contribution in [3.8, 4) is 0 Å². The fraction of sp³-hybridized carbons (Fsp3) is 0.160. The van der Waals surface area contributed by atoms with Crippen molar-refractivity contribution in [3.05, 3.63) is 65.4 Å². The fourth-order valence-electron chi connectivity index (χ4n) is 4.30. The number of aromatic nitrogens is 3. The van der Waals surface area contributed by atoms with Gasteiger partial charge in [-0.1, -0.05) is 30.3 Å². The lowest BCUT2D eigenvalue weighted by Crippen LogP contribution is -2.19. The molecule has 0 radical (unpaired) electrons. The number of para-hydroxylation sites is 3.